The number of pyridine rings is 1. The summed E-state index contributed by atoms with van der Waals surface area (Å²) in [7, 11) is -3.89. The van der Waals surface area contributed by atoms with Crippen molar-refractivity contribution in [2.24, 2.45) is 0 Å². The zero-order valence-corrected chi connectivity index (χ0v) is 13.3. The van der Waals surface area contributed by atoms with Gasteiger partial charge in [-0.05, 0) is 19.1 Å². The summed E-state index contributed by atoms with van der Waals surface area (Å²) in [6.45, 7) is 2.40. The van der Waals surface area contributed by atoms with E-state index in [9.17, 15) is 13.2 Å². The Labute approximate surface area is 133 Å². The third-order valence-electron chi connectivity index (χ3n) is 4.46. The number of aromatic nitrogens is 2. The highest BCUT2D eigenvalue weighted by atomic mass is 32.2. The fraction of sp³-hybridized carbons (Fsp3) is 0.429. The molecule has 23 heavy (non-hydrogen) atoms. The SMILES string of the molecule is C[C@H]1C(=O)NCC2(COC2)N1S(=O)(=O)c1cnn2ccccc12. The molecule has 1 atom stereocenters. The van der Waals surface area contributed by atoms with Crippen molar-refractivity contribution in [3.05, 3.63) is 30.6 Å². The summed E-state index contributed by atoms with van der Waals surface area (Å²) in [5, 5.41) is 6.86. The normalized spacial score (nSPS) is 24.6. The number of nitrogens with one attached hydrogen (secondary N) is 1. The Hall–Kier alpha value is -1.97. The van der Waals surface area contributed by atoms with Gasteiger partial charge in [-0.3, -0.25) is 4.79 Å². The highest BCUT2D eigenvalue weighted by molar-refractivity contribution is 7.89. The molecule has 1 spiro atoms. The summed E-state index contributed by atoms with van der Waals surface area (Å²) in [5.41, 5.74) is -0.226. The van der Waals surface area contributed by atoms with Crippen LogP contribution in [0.25, 0.3) is 5.52 Å². The second-order valence-corrected chi connectivity index (χ2v) is 7.73. The van der Waals surface area contributed by atoms with E-state index >= 15 is 0 Å². The number of nitrogens with zero attached hydrogens (tertiary/aromatic N) is 3. The number of carbonyl (C=O) groups excluding carboxylic acids is 1. The van der Waals surface area contributed by atoms with Gasteiger partial charge in [-0.15, -0.1) is 0 Å². The van der Waals surface area contributed by atoms with Gasteiger partial charge in [0.15, 0.2) is 0 Å². The number of hydrogen-bond acceptors (Lipinski definition) is 5. The molecule has 8 nitrogen and oxygen atoms in total. The van der Waals surface area contributed by atoms with Crippen molar-refractivity contribution in [1.82, 2.24) is 19.2 Å². The van der Waals surface area contributed by atoms with Crippen LogP contribution in [0, 0.1) is 0 Å². The Kier molecular flexibility index (Phi) is 3.03. The monoisotopic (exact) mass is 336 g/mol. The summed E-state index contributed by atoms with van der Waals surface area (Å²) in [4.78, 5) is 12.1. The van der Waals surface area contributed by atoms with Crippen LogP contribution in [0.5, 0.6) is 0 Å². The lowest BCUT2D eigenvalue weighted by Gasteiger charge is -2.52. The summed E-state index contributed by atoms with van der Waals surface area (Å²) in [6.07, 6.45) is 3.01. The highest BCUT2D eigenvalue weighted by Gasteiger charge is 2.56. The van der Waals surface area contributed by atoms with Crippen LogP contribution in [0.1, 0.15) is 6.92 Å². The van der Waals surface area contributed by atoms with Gasteiger partial charge in [-0.2, -0.15) is 9.40 Å². The Bertz CT molecular complexity index is 887. The van der Waals surface area contributed by atoms with Gasteiger partial charge < -0.3 is 10.1 Å². The van der Waals surface area contributed by atoms with E-state index in [2.05, 4.69) is 10.4 Å². The summed E-state index contributed by atoms with van der Waals surface area (Å²) >= 11 is 0. The number of carbonyl (C=O) groups is 1. The molecule has 2 aromatic heterocycles. The lowest BCUT2D eigenvalue weighted by Crippen LogP contribution is -2.75. The molecule has 0 unspecified atom stereocenters. The molecule has 1 amide bonds. The van der Waals surface area contributed by atoms with Crippen molar-refractivity contribution in [2.75, 3.05) is 19.8 Å². The van der Waals surface area contributed by atoms with E-state index in [1.165, 1.54) is 15.0 Å². The van der Waals surface area contributed by atoms with Crippen LogP contribution in [-0.4, -0.2) is 59.6 Å². The van der Waals surface area contributed by atoms with E-state index < -0.39 is 21.6 Å². The minimum absolute atomic E-state index is 0.103. The minimum Gasteiger partial charge on any atom is -0.377 e. The number of hydrogen-bond donors (Lipinski definition) is 1. The highest BCUT2D eigenvalue weighted by Crippen LogP contribution is 2.36. The van der Waals surface area contributed by atoms with Crippen molar-refractivity contribution in [1.29, 1.82) is 0 Å². The van der Waals surface area contributed by atoms with Gasteiger partial charge in [0.2, 0.25) is 15.9 Å². The van der Waals surface area contributed by atoms with E-state index in [-0.39, 0.29) is 30.6 Å². The molecular formula is C14H16N4O4S. The first-order chi connectivity index (χ1) is 11.0. The lowest BCUT2D eigenvalue weighted by atomic mass is 9.93. The lowest BCUT2D eigenvalue weighted by molar-refractivity contribution is -0.153. The molecule has 4 heterocycles. The van der Waals surface area contributed by atoms with Gasteiger partial charge in [-0.1, -0.05) is 6.07 Å². The number of rotatable bonds is 2. The molecule has 1 N–H and O–H groups in total. The molecule has 2 aromatic rings. The first-order valence-corrected chi connectivity index (χ1v) is 8.72. The van der Waals surface area contributed by atoms with E-state index in [1.54, 1.807) is 31.3 Å². The van der Waals surface area contributed by atoms with Gasteiger partial charge in [-0.25, -0.2) is 12.9 Å². The predicted molar refractivity (Wildman–Crippen MR) is 80.2 cm³/mol. The molecule has 0 saturated carbocycles. The molecule has 2 aliphatic rings. The number of amides is 1. The van der Waals surface area contributed by atoms with Gasteiger partial charge >= 0.3 is 0 Å². The van der Waals surface area contributed by atoms with E-state index in [0.29, 0.717) is 5.52 Å². The van der Waals surface area contributed by atoms with Crippen molar-refractivity contribution >= 4 is 21.4 Å². The third-order valence-corrected chi connectivity index (χ3v) is 6.55. The quantitative estimate of drug-likeness (QED) is 0.806. The molecule has 122 valence electrons. The molecule has 0 bridgehead atoms. The van der Waals surface area contributed by atoms with Crippen LogP contribution in [-0.2, 0) is 19.6 Å². The van der Waals surface area contributed by atoms with Gasteiger partial charge in [0.05, 0.1) is 24.9 Å². The molecule has 0 aliphatic carbocycles. The van der Waals surface area contributed by atoms with Gasteiger partial charge in [0, 0.05) is 12.7 Å². The van der Waals surface area contributed by atoms with Gasteiger partial charge in [0.1, 0.15) is 16.5 Å². The second kappa shape index (κ2) is 4.76. The Morgan fingerprint density at radius 1 is 1.39 bits per heavy atom. The van der Waals surface area contributed by atoms with Crippen LogP contribution in [0.2, 0.25) is 0 Å². The number of sulfonamides is 1. The first kappa shape index (κ1) is 14.6. The maximum Gasteiger partial charge on any atom is 0.248 e. The van der Waals surface area contributed by atoms with Crippen LogP contribution in [0.15, 0.2) is 35.5 Å². The van der Waals surface area contributed by atoms with Crippen LogP contribution in [0.3, 0.4) is 0 Å². The molecular weight excluding hydrogens is 320 g/mol. The van der Waals surface area contributed by atoms with E-state index in [1.807, 2.05) is 0 Å². The maximum absolute atomic E-state index is 13.3. The average Bonchev–Trinajstić information content (AvgIpc) is 2.92. The third kappa shape index (κ3) is 1.93. The smallest absolute Gasteiger partial charge is 0.248 e. The fourth-order valence-electron chi connectivity index (χ4n) is 3.24. The van der Waals surface area contributed by atoms with Crippen LogP contribution < -0.4 is 5.32 Å². The zero-order chi connectivity index (χ0) is 16.2. The van der Waals surface area contributed by atoms with Crippen molar-refractivity contribution in [3.63, 3.8) is 0 Å². The standard InChI is InChI=1S/C14H16N4O4S/c1-10-13(19)15-7-14(8-22-9-14)18(10)23(20,21)12-6-16-17-5-3-2-4-11(12)17/h2-6,10H,7-9H2,1H3,(H,15,19)/t10-/m0/s1. The van der Waals surface area contributed by atoms with Crippen molar-refractivity contribution in [2.45, 2.75) is 23.4 Å². The topological polar surface area (TPSA) is 93.0 Å². The molecule has 0 radical (unpaired) electrons. The average molecular weight is 336 g/mol. The fourth-order valence-corrected chi connectivity index (χ4v) is 5.25. The molecule has 0 aromatic carbocycles. The summed E-state index contributed by atoms with van der Waals surface area (Å²) in [6, 6.07) is 4.42. The summed E-state index contributed by atoms with van der Waals surface area (Å²) in [5.74, 6) is -0.303. The van der Waals surface area contributed by atoms with E-state index in [4.69, 9.17) is 4.74 Å². The van der Waals surface area contributed by atoms with Crippen LogP contribution in [0.4, 0.5) is 0 Å². The minimum atomic E-state index is -3.89. The Morgan fingerprint density at radius 2 is 2.17 bits per heavy atom. The largest absolute Gasteiger partial charge is 0.377 e. The van der Waals surface area contributed by atoms with Crippen LogP contribution >= 0.6 is 0 Å². The predicted octanol–water partition coefficient (Wildman–Crippen LogP) is -0.388. The Morgan fingerprint density at radius 3 is 2.87 bits per heavy atom. The second-order valence-electron chi connectivity index (χ2n) is 5.95. The van der Waals surface area contributed by atoms with Crippen molar-refractivity contribution in [3.8, 4) is 0 Å². The Balaban J connectivity index is 1.87. The molecule has 2 aliphatic heterocycles. The first-order valence-electron chi connectivity index (χ1n) is 7.28. The zero-order valence-electron chi connectivity index (χ0n) is 12.5. The number of piperazine rings is 1. The molecule has 9 heteroatoms. The number of ether oxygens (including phenoxy) is 1. The molecule has 2 saturated heterocycles. The molecule has 2 fully saturated rings. The van der Waals surface area contributed by atoms with Gasteiger partial charge in [0.25, 0.3) is 0 Å². The van der Waals surface area contributed by atoms with Crippen molar-refractivity contribution < 1.29 is 17.9 Å². The van der Waals surface area contributed by atoms with E-state index in [0.717, 1.165) is 0 Å². The summed E-state index contributed by atoms with van der Waals surface area (Å²) < 4.78 is 34.6. The molecule has 4 rings (SSSR count). The number of fused-ring (bicyclic) bond motifs is 1. The maximum atomic E-state index is 13.3.